The van der Waals surface area contributed by atoms with Gasteiger partial charge in [0.25, 0.3) is 0 Å². The third-order valence-corrected chi connectivity index (χ3v) is 3.91. The van der Waals surface area contributed by atoms with Crippen molar-refractivity contribution in [2.75, 3.05) is 7.11 Å². The molecule has 3 rings (SSSR count). The van der Waals surface area contributed by atoms with Crippen LogP contribution in [0.2, 0.25) is 0 Å². The number of ether oxygens (including phenoxy) is 1. The van der Waals surface area contributed by atoms with Gasteiger partial charge in [-0.1, -0.05) is 18.2 Å². The molecule has 0 amide bonds. The zero-order chi connectivity index (χ0) is 13.8. The number of pyridine rings is 1. The van der Waals surface area contributed by atoms with E-state index >= 15 is 0 Å². The highest BCUT2D eigenvalue weighted by Crippen LogP contribution is 2.27. The average molecular weight is 268 g/mol. The van der Waals surface area contributed by atoms with E-state index in [-0.39, 0.29) is 0 Å². The SMILES string of the molecule is COc1ccc(CNC2CCCc3cccnc32)cc1. The second-order valence-electron chi connectivity index (χ2n) is 5.22. The number of rotatable bonds is 4. The molecular weight excluding hydrogens is 248 g/mol. The van der Waals surface area contributed by atoms with Crippen LogP contribution >= 0.6 is 0 Å². The summed E-state index contributed by atoms with van der Waals surface area (Å²) in [7, 11) is 1.69. The fraction of sp³-hybridized carbons (Fsp3) is 0.353. The summed E-state index contributed by atoms with van der Waals surface area (Å²) in [6.45, 7) is 0.866. The van der Waals surface area contributed by atoms with Crippen LogP contribution in [0.3, 0.4) is 0 Å². The van der Waals surface area contributed by atoms with E-state index in [1.54, 1.807) is 7.11 Å². The number of aryl methyl sites for hydroxylation is 1. The molecule has 1 N–H and O–H groups in total. The molecule has 0 bridgehead atoms. The highest BCUT2D eigenvalue weighted by Gasteiger charge is 2.20. The van der Waals surface area contributed by atoms with E-state index in [4.69, 9.17) is 4.74 Å². The van der Waals surface area contributed by atoms with Crippen molar-refractivity contribution in [3.63, 3.8) is 0 Å². The fourth-order valence-electron chi connectivity index (χ4n) is 2.79. The molecular formula is C17H20N2O. The van der Waals surface area contributed by atoms with Gasteiger partial charge in [-0.05, 0) is 48.6 Å². The van der Waals surface area contributed by atoms with E-state index in [1.807, 2.05) is 24.4 Å². The van der Waals surface area contributed by atoms with Crippen LogP contribution in [0, 0.1) is 0 Å². The molecule has 20 heavy (non-hydrogen) atoms. The molecule has 0 saturated heterocycles. The molecule has 2 aromatic rings. The van der Waals surface area contributed by atoms with Gasteiger partial charge in [-0.2, -0.15) is 0 Å². The molecule has 0 spiro atoms. The van der Waals surface area contributed by atoms with Gasteiger partial charge < -0.3 is 10.1 Å². The maximum atomic E-state index is 5.18. The molecule has 1 atom stereocenters. The Bertz CT molecular complexity index is 565. The Morgan fingerprint density at radius 3 is 2.90 bits per heavy atom. The lowest BCUT2D eigenvalue weighted by atomic mass is 9.92. The van der Waals surface area contributed by atoms with Gasteiger partial charge in [-0.25, -0.2) is 0 Å². The molecule has 3 nitrogen and oxygen atoms in total. The first-order valence-electron chi connectivity index (χ1n) is 7.17. The van der Waals surface area contributed by atoms with Crippen molar-refractivity contribution < 1.29 is 4.74 Å². The molecule has 3 heteroatoms. The minimum Gasteiger partial charge on any atom is -0.497 e. The Morgan fingerprint density at radius 2 is 2.10 bits per heavy atom. The van der Waals surface area contributed by atoms with Crippen molar-refractivity contribution in [2.45, 2.75) is 31.8 Å². The second kappa shape index (κ2) is 6.06. The van der Waals surface area contributed by atoms with Crippen molar-refractivity contribution in [2.24, 2.45) is 0 Å². The Labute approximate surface area is 120 Å². The Balaban J connectivity index is 1.66. The quantitative estimate of drug-likeness (QED) is 0.924. The van der Waals surface area contributed by atoms with E-state index < -0.39 is 0 Å². The van der Waals surface area contributed by atoms with Crippen molar-refractivity contribution in [1.82, 2.24) is 10.3 Å². The summed E-state index contributed by atoms with van der Waals surface area (Å²) in [4.78, 5) is 4.56. The maximum Gasteiger partial charge on any atom is 0.118 e. The number of benzene rings is 1. The summed E-state index contributed by atoms with van der Waals surface area (Å²) in [5, 5.41) is 3.63. The van der Waals surface area contributed by atoms with Crippen LogP contribution in [-0.2, 0) is 13.0 Å². The summed E-state index contributed by atoms with van der Waals surface area (Å²) in [5.41, 5.74) is 3.90. The first-order chi connectivity index (χ1) is 9.86. The molecule has 1 aromatic carbocycles. The van der Waals surface area contributed by atoms with Crippen LogP contribution in [0.4, 0.5) is 0 Å². The molecule has 1 aliphatic carbocycles. The summed E-state index contributed by atoms with van der Waals surface area (Å²) in [6, 6.07) is 12.8. The van der Waals surface area contributed by atoms with E-state index in [0.717, 1.165) is 18.7 Å². The van der Waals surface area contributed by atoms with E-state index in [0.29, 0.717) is 6.04 Å². The van der Waals surface area contributed by atoms with Crippen LogP contribution in [0.5, 0.6) is 5.75 Å². The molecule has 1 unspecified atom stereocenters. The largest absolute Gasteiger partial charge is 0.497 e. The summed E-state index contributed by atoms with van der Waals surface area (Å²) >= 11 is 0. The van der Waals surface area contributed by atoms with Crippen molar-refractivity contribution in [1.29, 1.82) is 0 Å². The molecule has 1 aliphatic rings. The van der Waals surface area contributed by atoms with Crippen LogP contribution in [0.1, 0.15) is 35.7 Å². The maximum absolute atomic E-state index is 5.18. The third kappa shape index (κ3) is 2.83. The highest BCUT2D eigenvalue weighted by molar-refractivity contribution is 5.28. The minimum absolute atomic E-state index is 0.377. The number of fused-ring (bicyclic) bond motifs is 1. The fourth-order valence-corrected chi connectivity index (χ4v) is 2.79. The standard InChI is InChI=1S/C17H20N2O/c1-20-15-9-7-13(8-10-15)12-19-16-6-2-4-14-5-3-11-18-17(14)16/h3,5,7-11,16,19H,2,4,6,12H2,1H3. The van der Waals surface area contributed by atoms with Crippen molar-refractivity contribution >= 4 is 0 Å². The molecule has 0 fully saturated rings. The Hall–Kier alpha value is -1.87. The first kappa shape index (κ1) is 13.1. The monoisotopic (exact) mass is 268 g/mol. The smallest absolute Gasteiger partial charge is 0.118 e. The Morgan fingerprint density at radius 1 is 1.25 bits per heavy atom. The minimum atomic E-state index is 0.377. The van der Waals surface area contributed by atoms with Crippen LogP contribution in [-0.4, -0.2) is 12.1 Å². The lowest BCUT2D eigenvalue weighted by Gasteiger charge is -2.25. The van der Waals surface area contributed by atoms with Crippen LogP contribution in [0.15, 0.2) is 42.6 Å². The molecule has 0 saturated carbocycles. The van der Waals surface area contributed by atoms with Gasteiger partial charge in [0.05, 0.1) is 18.8 Å². The van der Waals surface area contributed by atoms with Gasteiger partial charge >= 0.3 is 0 Å². The molecule has 104 valence electrons. The molecule has 1 aromatic heterocycles. The number of hydrogen-bond acceptors (Lipinski definition) is 3. The number of nitrogens with one attached hydrogen (secondary N) is 1. The van der Waals surface area contributed by atoms with Crippen molar-refractivity contribution in [3.8, 4) is 5.75 Å². The van der Waals surface area contributed by atoms with Gasteiger partial charge in [0, 0.05) is 12.7 Å². The number of hydrogen-bond donors (Lipinski definition) is 1. The van der Waals surface area contributed by atoms with Gasteiger partial charge in [-0.3, -0.25) is 4.98 Å². The van der Waals surface area contributed by atoms with E-state index in [2.05, 4.69) is 28.5 Å². The summed E-state index contributed by atoms with van der Waals surface area (Å²) in [6.07, 6.45) is 5.45. The van der Waals surface area contributed by atoms with Gasteiger partial charge in [-0.15, -0.1) is 0 Å². The number of methoxy groups -OCH3 is 1. The predicted molar refractivity (Wildman–Crippen MR) is 79.7 cm³/mol. The molecule has 1 heterocycles. The normalized spacial score (nSPS) is 17.6. The second-order valence-corrected chi connectivity index (χ2v) is 5.22. The first-order valence-corrected chi connectivity index (χ1v) is 7.17. The lowest BCUT2D eigenvalue weighted by molar-refractivity contribution is 0.414. The number of aromatic nitrogens is 1. The molecule has 0 aliphatic heterocycles. The van der Waals surface area contributed by atoms with Gasteiger partial charge in [0.2, 0.25) is 0 Å². The Kier molecular flexibility index (Phi) is 3.97. The summed E-state index contributed by atoms with van der Waals surface area (Å²) in [5.74, 6) is 0.901. The predicted octanol–water partition coefficient (Wildman–Crippen LogP) is 3.26. The summed E-state index contributed by atoms with van der Waals surface area (Å²) < 4.78 is 5.18. The zero-order valence-corrected chi connectivity index (χ0v) is 11.8. The third-order valence-electron chi connectivity index (χ3n) is 3.91. The van der Waals surface area contributed by atoms with E-state index in [1.165, 1.54) is 29.7 Å². The van der Waals surface area contributed by atoms with Crippen LogP contribution in [0.25, 0.3) is 0 Å². The van der Waals surface area contributed by atoms with E-state index in [9.17, 15) is 0 Å². The molecule has 0 radical (unpaired) electrons. The van der Waals surface area contributed by atoms with Gasteiger partial charge in [0.1, 0.15) is 5.75 Å². The topological polar surface area (TPSA) is 34.1 Å². The van der Waals surface area contributed by atoms with Crippen molar-refractivity contribution in [3.05, 3.63) is 59.4 Å². The number of nitrogens with zero attached hydrogens (tertiary/aromatic N) is 1. The average Bonchev–Trinajstić information content (AvgIpc) is 2.53. The lowest BCUT2D eigenvalue weighted by Crippen LogP contribution is -2.25. The van der Waals surface area contributed by atoms with Crippen LogP contribution < -0.4 is 10.1 Å². The highest BCUT2D eigenvalue weighted by atomic mass is 16.5. The van der Waals surface area contributed by atoms with Gasteiger partial charge in [0.15, 0.2) is 0 Å². The zero-order valence-electron chi connectivity index (χ0n) is 11.8.